The molecule has 0 amide bonds. The highest BCUT2D eigenvalue weighted by Gasteiger charge is 2.24. The molecule has 3 nitrogen and oxygen atoms in total. The summed E-state index contributed by atoms with van der Waals surface area (Å²) in [7, 11) is 0. The Hall–Kier alpha value is -1.06. The number of likely N-dealkylation sites (tertiary alicyclic amines) is 1. The summed E-state index contributed by atoms with van der Waals surface area (Å²) in [5, 5.41) is 0. The second-order valence-corrected chi connectivity index (χ2v) is 4.47. The minimum absolute atomic E-state index is 0.306. The minimum atomic E-state index is 0.306. The monoisotopic (exact) mass is 234 g/mol. The zero-order chi connectivity index (χ0) is 12.1. The average Bonchev–Trinajstić information content (AvgIpc) is 2.86. The van der Waals surface area contributed by atoms with Crippen LogP contribution < -0.4 is 10.5 Å². The third-order valence-electron chi connectivity index (χ3n) is 3.38. The van der Waals surface area contributed by atoms with E-state index in [0.717, 1.165) is 18.8 Å². The number of nitrogens with two attached hydrogens (primary N) is 1. The molecule has 0 unspecified atom stereocenters. The molecule has 0 radical (unpaired) electrons. The first-order valence-corrected chi connectivity index (χ1v) is 6.52. The molecule has 1 aliphatic heterocycles. The van der Waals surface area contributed by atoms with Crippen molar-refractivity contribution in [3.8, 4) is 5.75 Å². The number of hydrogen-bond donors (Lipinski definition) is 1. The third-order valence-corrected chi connectivity index (χ3v) is 3.38. The summed E-state index contributed by atoms with van der Waals surface area (Å²) in [6.07, 6.45) is 2.57. The number of nitrogens with zero attached hydrogens (tertiary/aromatic N) is 1. The Labute approximate surface area is 104 Å². The number of rotatable bonds is 5. The molecule has 0 bridgehead atoms. The highest BCUT2D eigenvalue weighted by molar-refractivity contribution is 5.36. The lowest BCUT2D eigenvalue weighted by Gasteiger charge is -2.28. The van der Waals surface area contributed by atoms with Crippen LogP contribution in [0.5, 0.6) is 5.75 Å². The van der Waals surface area contributed by atoms with E-state index < -0.39 is 0 Å². The molecule has 1 aliphatic rings. The normalized spacial score (nSPS) is 18.2. The van der Waals surface area contributed by atoms with Gasteiger partial charge in [0.2, 0.25) is 0 Å². The lowest BCUT2D eigenvalue weighted by molar-refractivity contribution is 0.241. The predicted octanol–water partition coefficient (Wildman–Crippen LogP) is 2.18. The van der Waals surface area contributed by atoms with E-state index in [1.807, 2.05) is 19.1 Å². The zero-order valence-electron chi connectivity index (χ0n) is 10.6. The SMILES string of the molecule is CCOc1ccccc1[C@H](CN)N1CCCC1. The van der Waals surface area contributed by atoms with Crippen LogP contribution in [-0.2, 0) is 0 Å². The van der Waals surface area contributed by atoms with Crippen LogP contribution in [0.2, 0.25) is 0 Å². The van der Waals surface area contributed by atoms with E-state index in [9.17, 15) is 0 Å². The summed E-state index contributed by atoms with van der Waals surface area (Å²) >= 11 is 0. The number of para-hydroxylation sites is 1. The largest absolute Gasteiger partial charge is 0.494 e. The number of hydrogen-bond acceptors (Lipinski definition) is 3. The van der Waals surface area contributed by atoms with E-state index in [1.54, 1.807) is 0 Å². The molecule has 2 N–H and O–H groups in total. The predicted molar refractivity (Wildman–Crippen MR) is 70.2 cm³/mol. The molecule has 0 aliphatic carbocycles. The standard InChI is InChI=1S/C14H22N2O/c1-2-17-14-8-4-3-7-12(14)13(11-15)16-9-5-6-10-16/h3-4,7-8,13H,2,5-6,9-11,15H2,1H3/t13-/m0/s1. The fraction of sp³-hybridized carbons (Fsp3) is 0.571. The maximum atomic E-state index is 5.95. The van der Waals surface area contributed by atoms with Crippen LogP contribution in [0.15, 0.2) is 24.3 Å². The van der Waals surface area contributed by atoms with Gasteiger partial charge in [0, 0.05) is 12.1 Å². The second-order valence-electron chi connectivity index (χ2n) is 4.47. The van der Waals surface area contributed by atoms with Crippen molar-refractivity contribution in [2.45, 2.75) is 25.8 Å². The molecule has 1 heterocycles. The molecule has 17 heavy (non-hydrogen) atoms. The summed E-state index contributed by atoms with van der Waals surface area (Å²) in [5.74, 6) is 0.984. The lowest BCUT2D eigenvalue weighted by Crippen LogP contribution is -2.31. The van der Waals surface area contributed by atoms with E-state index in [2.05, 4.69) is 17.0 Å². The highest BCUT2D eigenvalue weighted by atomic mass is 16.5. The topological polar surface area (TPSA) is 38.5 Å². The fourth-order valence-electron chi connectivity index (χ4n) is 2.57. The van der Waals surface area contributed by atoms with Gasteiger partial charge in [0.1, 0.15) is 5.75 Å². The smallest absolute Gasteiger partial charge is 0.124 e. The Morgan fingerprint density at radius 1 is 1.29 bits per heavy atom. The van der Waals surface area contributed by atoms with Crippen molar-refractivity contribution in [1.82, 2.24) is 4.90 Å². The molecule has 1 fully saturated rings. The molecule has 1 saturated heterocycles. The van der Waals surface area contributed by atoms with Gasteiger partial charge in [0.25, 0.3) is 0 Å². The first kappa shape index (κ1) is 12.4. The number of ether oxygens (including phenoxy) is 1. The van der Waals surface area contributed by atoms with Gasteiger partial charge in [-0.1, -0.05) is 18.2 Å². The zero-order valence-corrected chi connectivity index (χ0v) is 10.6. The van der Waals surface area contributed by atoms with Gasteiger partial charge in [-0.3, -0.25) is 4.90 Å². The summed E-state index contributed by atoms with van der Waals surface area (Å²) in [5.41, 5.74) is 7.19. The molecule has 2 rings (SSSR count). The van der Waals surface area contributed by atoms with Crippen molar-refractivity contribution in [3.63, 3.8) is 0 Å². The van der Waals surface area contributed by atoms with E-state index in [-0.39, 0.29) is 0 Å². The molecular formula is C14H22N2O. The summed E-state index contributed by atoms with van der Waals surface area (Å²) in [6, 6.07) is 8.57. The van der Waals surface area contributed by atoms with Crippen LogP contribution in [0.3, 0.4) is 0 Å². The van der Waals surface area contributed by atoms with Gasteiger partial charge >= 0.3 is 0 Å². The molecule has 0 spiro atoms. The van der Waals surface area contributed by atoms with Crippen molar-refractivity contribution in [2.24, 2.45) is 5.73 Å². The van der Waals surface area contributed by atoms with Crippen molar-refractivity contribution >= 4 is 0 Å². The van der Waals surface area contributed by atoms with Gasteiger partial charge in [-0.05, 0) is 38.9 Å². The molecule has 3 heteroatoms. The van der Waals surface area contributed by atoms with Crippen LogP contribution in [-0.4, -0.2) is 31.1 Å². The van der Waals surface area contributed by atoms with Crippen LogP contribution >= 0.6 is 0 Å². The van der Waals surface area contributed by atoms with Gasteiger partial charge < -0.3 is 10.5 Å². The van der Waals surface area contributed by atoms with Crippen LogP contribution in [0.1, 0.15) is 31.4 Å². The molecule has 1 aromatic carbocycles. The number of benzene rings is 1. The first-order chi connectivity index (χ1) is 8.36. The molecule has 1 atom stereocenters. The van der Waals surface area contributed by atoms with Gasteiger partial charge in [-0.15, -0.1) is 0 Å². The maximum absolute atomic E-state index is 5.95. The van der Waals surface area contributed by atoms with Gasteiger partial charge in [-0.2, -0.15) is 0 Å². The van der Waals surface area contributed by atoms with Gasteiger partial charge in [-0.25, -0.2) is 0 Å². The molecule has 0 saturated carbocycles. The van der Waals surface area contributed by atoms with Gasteiger partial charge in [0.15, 0.2) is 0 Å². The molecule has 1 aromatic rings. The van der Waals surface area contributed by atoms with E-state index >= 15 is 0 Å². The van der Waals surface area contributed by atoms with Crippen molar-refractivity contribution in [2.75, 3.05) is 26.2 Å². The second kappa shape index (κ2) is 6.03. The van der Waals surface area contributed by atoms with Gasteiger partial charge in [0.05, 0.1) is 12.6 Å². The molecule has 94 valence electrons. The third kappa shape index (κ3) is 2.79. The van der Waals surface area contributed by atoms with Crippen molar-refractivity contribution < 1.29 is 4.74 Å². The van der Waals surface area contributed by atoms with Crippen LogP contribution in [0.25, 0.3) is 0 Å². The maximum Gasteiger partial charge on any atom is 0.124 e. The van der Waals surface area contributed by atoms with Crippen molar-refractivity contribution in [3.05, 3.63) is 29.8 Å². The Morgan fingerprint density at radius 3 is 2.65 bits per heavy atom. The minimum Gasteiger partial charge on any atom is -0.494 e. The quantitative estimate of drug-likeness (QED) is 0.848. The van der Waals surface area contributed by atoms with E-state index in [0.29, 0.717) is 19.2 Å². The Morgan fingerprint density at radius 2 is 2.00 bits per heavy atom. The summed E-state index contributed by atoms with van der Waals surface area (Å²) in [4.78, 5) is 2.47. The van der Waals surface area contributed by atoms with Crippen LogP contribution in [0.4, 0.5) is 0 Å². The van der Waals surface area contributed by atoms with Crippen LogP contribution in [0, 0.1) is 0 Å². The summed E-state index contributed by atoms with van der Waals surface area (Å²) in [6.45, 7) is 5.69. The highest BCUT2D eigenvalue weighted by Crippen LogP contribution is 2.30. The lowest BCUT2D eigenvalue weighted by atomic mass is 10.0. The molecule has 0 aromatic heterocycles. The Kier molecular flexibility index (Phi) is 4.40. The van der Waals surface area contributed by atoms with E-state index in [4.69, 9.17) is 10.5 Å². The Bertz CT molecular complexity index is 348. The van der Waals surface area contributed by atoms with Crippen molar-refractivity contribution in [1.29, 1.82) is 0 Å². The fourth-order valence-corrected chi connectivity index (χ4v) is 2.57. The average molecular weight is 234 g/mol. The van der Waals surface area contributed by atoms with E-state index in [1.165, 1.54) is 18.4 Å². The molecular weight excluding hydrogens is 212 g/mol. The first-order valence-electron chi connectivity index (χ1n) is 6.52. The summed E-state index contributed by atoms with van der Waals surface area (Å²) < 4.78 is 5.70. The Balaban J connectivity index is 2.22.